The maximum Gasteiger partial charge on any atom is 0.326 e. The molecular weight excluding hydrogens is 532 g/mol. The molecule has 0 unspecified atom stereocenters. The topological polar surface area (TPSA) is 132 Å². The molecule has 1 heterocycles. The average Bonchev–Trinajstić information content (AvgIpc) is 3.28. The predicted molar refractivity (Wildman–Crippen MR) is 148 cm³/mol. The number of nitrogens with zero attached hydrogens (tertiary/aromatic N) is 4. The number of imidazole rings is 1. The van der Waals surface area contributed by atoms with Gasteiger partial charge in [0.2, 0.25) is 0 Å². The number of benzene rings is 3. The van der Waals surface area contributed by atoms with E-state index < -0.39 is 28.5 Å². The molecule has 0 N–H and O–H groups in total. The number of carbonyl (C=O) groups excluding carboxylic acids is 2. The largest absolute Gasteiger partial charge is 0.465 e. The number of aromatic nitrogens is 2. The van der Waals surface area contributed by atoms with Crippen LogP contribution in [0.15, 0.2) is 77.7 Å². The first-order valence-electron chi connectivity index (χ1n) is 12.6. The van der Waals surface area contributed by atoms with Gasteiger partial charge in [0.1, 0.15) is 18.9 Å². The van der Waals surface area contributed by atoms with Crippen LogP contribution in [-0.2, 0) is 42.1 Å². The maximum absolute atomic E-state index is 13.6. The van der Waals surface area contributed by atoms with E-state index in [2.05, 4.69) is 6.07 Å². The Labute approximate surface area is 232 Å². The summed E-state index contributed by atoms with van der Waals surface area (Å²) in [7, 11) is -4.12. The normalized spacial score (nSPS) is 11.1. The van der Waals surface area contributed by atoms with Gasteiger partial charge in [-0.2, -0.15) is 5.26 Å². The highest BCUT2D eigenvalue weighted by atomic mass is 32.2. The third kappa shape index (κ3) is 6.30. The molecule has 4 rings (SSSR count). The van der Waals surface area contributed by atoms with Crippen molar-refractivity contribution in [3.8, 4) is 6.07 Å². The Balaban J connectivity index is 1.80. The molecule has 4 aromatic rings. The molecule has 40 heavy (non-hydrogen) atoms. The van der Waals surface area contributed by atoms with E-state index in [-0.39, 0.29) is 30.3 Å². The lowest BCUT2D eigenvalue weighted by molar-refractivity contribution is -0.144. The third-order valence-electron chi connectivity index (χ3n) is 6.05. The van der Waals surface area contributed by atoms with E-state index in [1.54, 1.807) is 66.9 Å². The highest BCUT2D eigenvalue weighted by Gasteiger charge is 2.28. The van der Waals surface area contributed by atoms with Gasteiger partial charge in [0.25, 0.3) is 10.0 Å². The fraction of sp³-hybridized carbons (Fsp3) is 0.241. The fourth-order valence-electron chi connectivity index (χ4n) is 4.21. The highest BCUT2D eigenvalue weighted by Crippen LogP contribution is 2.28. The van der Waals surface area contributed by atoms with Gasteiger partial charge in [-0.25, -0.2) is 13.4 Å². The van der Waals surface area contributed by atoms with Crippen molar-refractivity contribution in [1.29, 1.82) is 5.26 Å². The van der Waals surface area contributed by atoms with E-state index in [0.717, 1.165) is 9.87 Å². The second kappa shape index (κ2) is 12.4. The average molecular weight is 561 g/mol. The minimum absolute atomic E-state index is 0.0220. The Hall–Kier alpha value is -4.69. The van der Waals surface area contributed by atoms with Gasteiger partial charge in [-0.05, 0) is 61.9 Å². The molecule has 1 aromatic heterocycles. The summed E-state index contributed by atoms with van der Waals surface area (Å²) in [6, 6.07) is 21.7. The molecule has 0 saturated carbocycles. The first-order chi connectivity index (χ1) is 19.3. The van der Waals surface area contributed by atoms with E-state index in [0.29, 0.717) is 28.8 Å². The zero-order valence-electron chi connectivity index (χ0n) is 22.1. The number of carbonyl (C=O) groups is 2. The number of sulfonamides is 1. The van der Waals surface area contributed by atoms with Crippen LogP contribution in [0.1, 0.15) is 30.8 Å². The highest BCUT2D eigenvalue weighted by molar-refractivity contribution is 7.92. The first kappa shape index (κ1) is 28.3. The summed E-state index contributed by atoms with van der Waals surface area (Å²) in [5.41, 5.74) is 2.64. The van der Waals surface area contributed by atoms with E-state index in [9.17, 15) is 18.0 Å². The molecule has 0 amide bonds. The zero-order chi connectivity index (χ0) is 28.7. The summed E-state index contributed by atoms with van der Waals surface area (Å²) in [5.74, 6) is -0.591. The van der Waals surface area contributed by atoms with E-state index in [4.69, 9.17) is 19.7 Å². The number of nitriles is 1. The molecule has 11 heteroatoms. The molecule has 206 valence electrons. The SMILES string of the molecule is CCOC(=O)CN(c1ccc2c(c1)nc(Cc1ccc(C#N)cc1)n2CC(=O)OCC)S(=O)(=O)c1ccccc1. The van der Waals surface area contributed by atoms with Gasteiger partial charge in [-0.3, -0.25) is 13.9 Å². The van der Waals surface area contributed by atoms with Gasteiger partial charge >= 0.3 is 11.9 Å². The summed E-state index contributed by atoms with van der Waals surface area (Å²) in [5, 5.41) is 9.10. The summed E-state index contributed by atoms with van der Waals surface area (Å²) in [6.45, 7) is 3.07. The number of hydrogen-bond acceptors (Lipinski definition) is 8. The number of anilines is 1. The summed E-state index contributed by atoms with van der Waals surface area (Å²) >= 11 is 0. The van der Waals surface area contributed by atoms with E-state index >= 15 is 0 Å². The molecule has 0 aliphatic heterocycles. The second-order valence-corrected chi connectivity index (χ2v) is 10.6. The molecule has 0 bridgehead atoms. The fourth-order valence-corrected chi connectivity index (χ4v) is 5.63. The number of ether oxygens (including phenoxy) is 2. The first-order valence-corrected chi connectivity index (χ1v) is 14.1. The summed E-state index contributed by atoms with van der Waals surface area (Å²) in [4.78, 5) is 29.6. The Morgan fingerprint density at radius 1 is 0.950 bits per heavy atom. The van der Waals surface area contributed by atoms with Crippen molar-refractivity contribution in [3.63, 3.8) is 0 Å². The van der Waals surface area contributed by atoms with Gasteiger partial charge in [-0.15, -0.1) is 0 Å². The molecule has 0 atom stereocenters. The lowest BCUT2D eigenvalue weighted by Gasteiger charge is -2.23. The number of rotatable bonds is 11. The quantitative estimate of drug-likeness (QED) is 0.253. The molecule has 0 saturated heterocycles. The van der Waals surface area contributed by atoms with Crippen LogP contribution in [0, 0.1) is 11.3 Å². The van der Waals surface area contributed by atoms with Crippen molar-refractivity contribution in [2.24, 2.45) is 0 Å². The molecular formula is C29H28N4O6S. The van der Waals surface area contributed by atoms with Gasteiger partial charge < -0.3 is 14.0 Å². The smallest absolute Gasteiger partial charge is 0.326 e. The number of fused-ring (bicyclic) bond motifs is 1. The van der Waals surface area contributed by atoms with Crippen LogP contribution in [0.5, 0.6) is 0 Å². The van der Waals surface area contributed by atoms with Crippen LogP contribution in [0.3, 0.4) is 0 Å². The molecule has 0 aliphatic rings. The zero-order valence-corrected chi connectivity index (χ0v) is 22.9. The van der Waals surface area contributed by atoms with Crippen LogP contribution < -0.4 is 4.31 Å². The molecule has 3 aromatic carbocycles. The van der Waals surface area contributed by atoms with Crippen molar-refractivity contribution in [2.75, 3.05) is 24.1 Å². The van der Waals surface area contributed by atoms with E-state index in [1.807, 2.05) is 12.1 Å². The maximum atomic E-state index is 13.6. The third-order valence-corrected chi connectivity index (χ3v) is 7.83. The Morgan fingerprint density at radius 3 is 2.27 bits per heavy atom. The van der Waals surface area contributed by atoms with Crippen LogP contribution in [-0.4, -0.2) is 49.7 Å². The Bertz CT molecular complexity index is 1660. The summed E-state index contributed by atoms with van der Waals surface area (Å²) < 4.78 is 40.1. The van der Waals surface area contributed by atoms with E-state index in [1.165, 1.54) is 12.1 Å². The molecule has 0 spiro atoms. The van der Waals surface area contributed by atoms with Crippen LogP contribution in [0.2, 0.25) is 0 Å². The standard InChI is InChI=1S/C29H28N4O6S/c1-3-38-28(34)19-32-26-15-14-23(17-25(26)31-27(32)16-21-10-12-22(18-30)13-11-21)33(20-29(35)39-4-2)40(36,37)24-8-6-5-7-9-24/h5-15,17H,3-4,16,19-20H2,1-2H3. The monoisotopic (exact) mass is 560 g/mol. The van der Waals surface area contributed by atoms with Crippen LogP contribution >= 0.6 is 0 Å². The molecule has 10 nitrogen and oxygen atoms in total. The molecule has 0 fully saturated rings. The second-order valence-electron chi connectivity index (χ2n) is 8.71. The lowest BCUT2D eigenvalue weighted by atomic mass is 10.1. The summed E-state index contributed by atoms with van der Waals surface area (Å²) in [6.07, 6.45) is 0.351. The van der Waals surface area contributed by atoms with Crippen molar-refractivity contribution < 1.29 is 27.5 Å². The van der Waals surface area contributed by atoms with Gasteiger partial charge in [0.05, 0.1) is 46.5 Å². The van der Waals surface area contributed by atoms with Crippen LogP contribution in [0.4, 0.5) is 5.69 Å². The van der Waals surface area contributed by atoms with Crippen molar-refractivity contribution in [3.05, 3.63) is 89.7 Å². The Kier molecular flexibility index (Phi) is 8.81. The lowest BCUT2D eigenvalue weighted by Crippen LogP contribution is -2.36. The van der Waals surface area contributed by atoms with Gasteiger partial charge in [-0.1, -0.05) is 30.3 Å². The number of esters is 2. The Morgan fingerprint density at radius 2 is 1.62 bits per heavy atom. The minimum atomic E-state index is -4.12. The van der Waals surface area contributed by atoms with Crippen molar-refractivity contribution in [2.45, 2.75) is 31.7 Å². The molecule has 0 aliphatic carbocycles. The van der Waals surface area contributed by atoms with Gasteiger partial charge in [0, 0.05) is 6.42 Å². The predicted octanol–water partition coefficient (Wildman–Crippen LogP) is 3.82. The molecule has 0 radical (unpaired) electrons. The van der Waals surface area contributed by atoms with Crippen molar-refractivity contribution >= 4 is 38.7 Å². The van der Waals surface area contributed by atoms with Gasteiger partial charge in [0.15, 0.2) is 0 Å². The van der Waals surface area contributed by atoms with Crippen molar-refractivity contribution in [1.82, 2.24) is 9.55 Å². The minimum Gasteiger partial charge on any atom is -0.465 e. The van der Waals surface area contributed by atoms with Crippen LogP contribution in [0.25, 0.3) is 11.0 Å². The number of hydrogen-bond donors (Lipinski definition) is 0.